The van der Waals surface area contributed by atoms with Crippen molar-refractivity contribution in [1.82, 2.24) is 0 Å². The predicted molar refractivity (Wildman–Crippen MR) is 65.9 cm³/mol. The van der Waals surface area contributed by atoms with E-state index in [1.807, 2.05) is 43.3 Å². The summed E-state index contributed by atoms with van der Waals surface area (Å²) in [7, 11) is 0. The molecule has 16 heavy (non-hydrogen) atoms. The average Bonchev–Trinajstić information content (AvgIpc) is 2.71. The molecule has 1 N–H and O–H groups in total. The van der Waals surface area contributed by atoms with Crippen molar-refractivity contribution >= 4 is 17.1 Å². The zero-order valence-electron chi connectivity index (χ0n) is 8.93. The summed E-state index contributed by atoms with van der Waals surface area (Å²) in [4.78, 5) is 13.5. The van der Waals surface area contributed by atoms with Gasteiger partial charge in [-0.25, -0.2) is 0 Å². The smallest absolute Gasteiger partial charge is 0.189 e. The van der Waals surface area contributed by atoms with Crippen molar-refractivity contribution < 1.29 is 9.90 Å². The Morgan fingerprint density at radius 1 is 1.31 bits per heavy atom. The van der Waals surface area contributed by atoms with Crippen molar-refractivity contribution in [3.8, 4) is 10.4 Å². The first-order valence-corrected chi connectivity index (χ1v) is 5.84. The molecule has 0 saturated heterocycles. The number of carbonyl (C=O) groups excluding carboxylic acids is 1. The van der Waals surface area contributed by atoms with Crippen molar-refractivity contribution in [3.63, 3.8) is 0 Å². The van der Waals surface area contributed by atoms with E-state index in [1.165, 1.54) is 0 Å². The summed E-state index contributed by atoms with van der Waals surface area (Å²) in [5, 5.41) is 8.85. The van der Waals surface area contributed by atoms with E-state index in [0.29, 0.717) is 5.56 Å². The van der Waals surface area contributed by atoms with Crippen LogP contribution in [-0.4, -0.2) is 17.5 Å². The molecule has 2 rings (SSSR count). The summed E-state index contributed by atoms with van der Waals surface area (Å²) in [5.41, 5.74) is 1.74. The third kappa shape index (κ3) is 2.05. The minimum atomic E-state index is -0.425. The third-order valence-electron chi connectivity index (χ3n) is 2.42. The van der Waals surface area contributed by atoms with Gasteiger partial charge < -0.3 is 5.11 Å². The van der Waals surface area contributed by atoms with E-state index in [9.17, 15) is 4.79 Å². The van der Waals surface area contributed by atoms with Crippen LogP contribution in [0, 0.1) is 6.92 Å². The number of hydrogen-bond acceptors (Lipinski definition) is 3. The van der Waals surface area contributed by atoms with Crippen molar-refractivity contribution in [2.45, 2.75) is 6.92 Å². The number of aliphatic hydroxyl groups is 1. The number of benzene rings is 1. The topological polar surface area (TPSA) is 37.3 Å². The van der Waals surface area contributed by atoms with Crippen LogP contribution in [0.5, 0.6) is 0 Å². The minimum absolute atomic E-state index is 0.212. The fraction of sp³-hybridized carbons (Fsp3) is 0.154. The van der Waals surface area contributed by atoms with Gasteiger partial charge in [0, 0.05) is 15.3 Å². The van der Waals surface area contributed by atoms with Gasteiger partial charge in [0.1, 0.15) is 6.61 Å². The van der Waals surface area contributed by atoms with Crippen LogP contribution in [0.15, 0.2) is 36.4 Å². The highest BCUT2D eigenvalue weighted by Crippen LogP contribution is 2.30. The first-order chi connectivity index (χ1) is 7.72. The van der Waals surface area contributed by atoms with Crippen molar-refractivity contribution in [2.24, 2.45) is 0 Å². The molecule has 2 nitrogen and oxygen atoms in total. The number of hydrogen-bond donors (Lipinski definition) is 1. The second-order valence-corrected chi connectivity index (χ2v) is 4.78. The van der Waals surface area contributed by atoms with Crippen LogP contribution < -0.4 is 0 Å². The van der Waals surface area contributed by atoms with Crippen molar-refractivity contribution in [1.29, 1.82) is 0 Å². The highest BCUT2D eigenvalue weighted by molar-refractivity contribution is 7.15. The molecule has 2 aromatic rings. The summed E-state index contributed by atoms with van der Waals surface area (Å²) in [6, 6.07) is 11.8. The second kappa shape index (κ2) is 4.60. The van der Waals surface area contributed by atoms with Crippen molar-refractivity contribution in [2.75, 3.05) is 6.61 Å². The normalized spacial score (nSPS) is 10.4. The van der Waals surface area contributed by atoms with Gasteiger partial charge in [-0.2, -0.15) is 0 Å². The van der Waals surface area contributed by atoms with Gasteiger partial charge in [-0.05, 0) is 18.6 Å². The van der Waals surface area contributed by atoms with E-state index in [1.54, 1.807) is 11.3 Å². The molecule has 1 heterocycles. The Balaban J connectivity index is 2.42. The molecule has 82 valence electrons. The molecule has 1 aromatic heterocycles. The summed E-state index contributed by atoms with van der Waals surface area (Å²) >= 11 is 1.58. The van der Waals surface area contributed by atoms with Crippen LogP contribution in [0.2, 0.25) is 0 Å². The van der Waals surface area contributed by atoms with Gasteiger partial charge in [0.2, 0.25) is 0 Å². The Morgan fingerprint density at radius 2 is 2.00 bits per heavy atom. The monoisotopic (exact) mass is 232 g/mol. The number of aryl methyl sites for hydroxylation is 1. The lowest BCUT2D eigenvalue weighted by molar-refractivity contribution is 0.0903. The highest BCUT2D eigenvalue weighted by atomic mass is 32.1. The minimum Gasteiger partial charge on any atom is -0.388 e. The van der Waals surface area contributed by atoms with Crippen LogP contribution in [0.25, 0.3) is 10.4 Å². The summed E-state index contributed by atoms with van der Waals surface area (Å²) < 4.78 is 0. The molecule has 0 bridgehead atoms. The molecular formula is C13H12O2S. The van der Waals surface area contributed by atoms with Gasteiger partial charge in [0.15, 0.2) is 5.78 Å². The molecule has 1 aromatic carbocycles. The van der Waals surface area contributed by atoms with Gasteiger partial charge in [0.05, 0.1) is 0 Å². The summed E-state index contributed by atoms with van der Waals surface area (Å²) in [5.74, 6) is -0.212. The molecule has 0 aliphatic rings. The standard InChI is InChI=1S/C13H12O2S/c1-9-11(12(15)8-14)7-13(16-9)10-5-3-2-4-6-10/h2-7,14H,8H2,1H3. The maximum atomic E-state index is 11.4. The SMILES string of the molecule is Cc1sc(-c2ccccc2)cc1C(=O)CO. The number of thiophene rings is 1. The molecular weight excluding hydrogens is 220 g/mol. The maximum Gasteiger partial charge on any atom is 0.189 e. The number of carbonyl (C=O) groups is 1. The molecule has 0 aliphatic heterocycles. The van der Waals surface area contributed by atoms with E-state index >= 15 is 0 Å². The van der Waals surface area contributed by atoms with E-state index in [0.717, 1.165) is 15.3 Å². The summed E-state index contributed by atoms with van der Waals surface area (Å²) in [6.45, 7) is 1.48. The van der Waals surface area contributed by atoms with Gasteiger partial charge in [-0.1, -0.05) is 30.3 Å². The lowest BCUT2D eigenvalue weighted by Crippen LogP contribution is -2.03. The highest BCUT2D eigenvalue weighted by Gasteiger charge is 2.12. The lowest BCUT2D eigenvalue weighted by Gasteiger charge is -1.94. The third-order valence-corrected chi connectivity index (χ3v) is 3.52. The first kappa shape index (κ1) is 11.0. The Labute approximate surface area is 98.2 Å². The Bertz CT molecular complexity index is 500. The van der Waals surface area contributed by atoms with Gasteiger partial charge >= 0.3 is 0 Å². The molecule has 0 fully saturated rings. The fourth-order valence-corrected chi connectivity index (χ4v) is 2.63. The second-order valence-electron chi connectivity index (χ2n) is 3.53. The molecule has 3 heteroatoms. The number of aliphatic hydroxyl groups excluding tert-OH is 1. The largest absolute Gasteiger partial charge is 0.388 e. The molecule has 0 spiro atoms. The van der Waals surface area contributed by atoms with Crippen LogP contribution in [-0.2, 0) is 0 Å². The molecule has 0 radical (unpaired) electrons. The van der Waals surface area contributed by atoms with Crippen LogP contribution >= 0.6 is 11.3 Å². The molecule has 0 aliphatic carbocycles. The molecule has 0 unspecified atom stereocenters. The molecule has 0 atom stereocenters. The van der Waals surface area contributed by atoms with Crippen LogP contribution in [0.3, 0.4) is 0 Å². The van der Waals surface area contributed by atoms with Gasteiger partial charge in [-0.3, -0.25) is 4.79 Å². The number of rotatable bonds is 3. The summed E-state index contributed by atoms with van der Waals surface area (Å²) in [6.07, 6.45) is 0. The first-order valence-electron chi connectivity index (χ1n) is 5.02. The Morgan fingerprint density at radius 3 is 2.62 bits per heavy atom. The lowest BCUT2D eigenvalue weighted by atomic mass is 10.1. The van der Waals surface area contributed by atoms with Crippen LogP contribution in [0.1, 0.15) is 15.2 Å². The maximum absolute atomic E-state index is 11.4. The molecule has 0 amide bonds. The fourth-order valence-electron chi connectivity index (χ4n) is 1.59. The Kier molecular flexibility index (Phi) is 3.17. The van der Waals surface area contributed by atoms with Crippen molar-refractivity contribution in [3.05, 3.63) is 46.8 Å². The van der Waals surface area contributed by atoms with E-state index in [-0.39, 0.29) is 5.78 Å². The number of Topliss-reactive ketones (excluding diaryl/α,β-unsaturated/α-hetero) is 1. The molecule has 0 saturated carbocycles. The van der Waals surface area contributed by atoms with E-state index < -0.39 is 6.61 Å². The van der Waals surface area contributed by atoms with E-state index in [4.69, 9.17) is 5.11 Å². The van der Waals surface area contributed by atoms with E-state index in [2.05, 4.69) is 0 Å². The zero-order valence-corrected chi connectivity index (χ0v) is 9.75. The Hall–Kier alpha value is -1.45. The van der Waals surface area contributed by atoms with Crippen LogP contribution in [0.4, 0.5) is 0 Å². The van der Waals surface area contributed by atoms with Gasteiger partial charge in [0.25, 0.3) is 0 Å². The quantitative estimate of drug-likeness (QED) is 0.826. The number of ketones is 1. The zero-order chi connectivity index (χ0) is 11.5. The predicted octanol–water partition coefficient (Wildman–Crippen LogP) is 2.90. The average molecular weight is 232 g/mol. The van der Waals surface area contributed by atoms with Gasteiger partial charge in [-0.15, -0.1) is 11.3 Å².